The minimum absolute atomic E-state index is 0.220. The van der Waals surface area contributed by atoms with Crippen molar-refractivity contribution >= 4 is 22.4 Å². The number of hydrogen-bond acceptors (Lipinski definition) is 6. The largest absolute Gasteiger partial charge is 0.374 e. The zero-order valence-corrected chi connectivity index (χ0v) is 12.2. The molecule has 2 heterocycles. The number of carbonyl (C=O) groups excluding carboxylic acids is 1. The first-order valence-corrected chi connectivity index (χ1v) is 7.21. The number of hydrogen-bond donors (Lipinski definition) is 1. The van der Waals surface area contributed by atoms with Crippen molar-refractivity contribution in [3.63, 3.8) is 0 Å². The van der Waals surface area contributed by atoms with Crippen molar-refractivity contribution in [2.24, 2.45) is 5.73 Å². The molecule has 19 heavy (non-hydrogen) atoms. The summed E-state index contributed by atoms with van der Waals surface area (Å²) >= 11 is 1.46. The fourth-order valence-electron chi connectivity index (χ4n) is 1.99. The van der Waals surface area contributed by atoms with Gasteiger partial charge in [-0.2, -0.15) is 0 Å². The summed E-state index contributed by atoms with van der Waals surface area (Å²) in [6, 6.07) is 0. The number of nitrogens with zero attached hydrogens (tertiary/aromatic N) is 3. The van der Waals surface area contributed by atoms with Crippen LogP contribution in [0.15, 0.2) is 5.38 Å². The minimum Gasteiger partial charge on any atom is -0.374 e. The molecule has 1 aromatic heterocycles. The van der Waals surface area contributed by atoms with Crippen molar-refractivity contribution in [2.75, 3.05) is 45.2 Å². The van der Waals surface area contributed by atoms with Gasteiger partial charge in [0.15, 0.2) is 5.13 Å². The molecule has 6 nitrogen and oxygen atoms in total. The zero-order valence-electron chi connectivity index (χ0n) is 11.3. The predicted molar refractivity (Wildman–Crippen MR) is 75.8 cm³/mol. The number of anilines is 1. The van der Waals surface area contributed by atoms with Gasteiger partial charge in [0.05, 0.1) is 12.7 Å². The molecule has 1 aliphatic rings. The van der Waals surface area contributed by atoms with Crippen LogP contribution >= 0.6 is 11.3 Å². The van der Waals surface area contributed by atoms with E-state index in [0.717, 1.165) is 31.2 Å². The molecule has 2 N–H and O–H groups in total. The number of nitrogens with two attached hydrogens (primary N) is 1. The van der Waals surface area contributed by atoms with E-state index in [0.29, 0.717) is 12.3 Å². The molecule has 1 atom stereocenters. The van der Waals surface area contributed by atoms with Gasteiger partial charge in [0.1, 0.15) is 5.69 Å². The van der Waals surface area contributed by atoms with E-state index in [2.05, 4.69) is 28.9 Å². The molecule has 2 rings (SSSR count). The highest BCUT2D eigenvalue weighted by molar-refractivity contribution is 7.13. The number of aromatic nitrogens is 1. The fraction of sp³-hybridized carbons (Fsp3) is 0.667. The Hall–Kier alpha value is -1.18. The molecule has 1 aromatic rings. The monoisotopic (exact) mass is 284 g/mol. The van der Waals surface area contributed by atoms with Crippen molar-refractivity contribution < 1.29 is 9.53 Å². The number of primary amides is 1. The van der Waals surface area contributed by atoms with Gasteiger partial charge in [-0.3, -0.25) is 4.79 Å². The highest BCUT2D eigenvalue weighted by Gasteiger charge is 2.23. The summed E-state index contributed by atoms with van der Waals surface area (Å²) in [5.41, 5.74) is 5.57. The quantitative estimate of drug-likeness (QED) is 0.847. The molecule has 0 aromatic carbocycles. The second-order valence-corrected chi connectivity index (χ2v) is 5.75. The van der Waals surface area contributed by atoms with Crippen LogP contribution in [0.4, 0.5) is 5.13 Å². The molecular formula is C12H20N4O2S. The van der Waals surface area contributed by atoms with Crippen LogP contribution in [0.2, 0.25) is 0 Å². The number of carbonyl (C=O) groups is 1. The summed E-state index contributed by atoms with van der Waals surface area (Å²) in [5.74, 6) is -0.472. The Kier molecular flexibility index (Phi) is 4.73. The average Bonchev–Trinajstić information content (AvgIpc) is 2.86. The van der Waals surface area contributed by atoms with Crippen LogP contribution in [0.5, 0.6) is 0 Å². The molecule has 0 radical (unpaired) electrons. The maximum absolute atomic E-state index is 11.1. The Labute approximate surface area is 117 Å². The van der Waals surface area contributed by atoms with Gasteiger partial charge in [0.25, 0.3) is 5.91 Å². The van der Waals surface area contributed by atoms with Crippen molar-refractivity contribution in [1.82, 2.24) is 9.88 Å². The van der Waals surface area contributed by atoms with Crippen LogP contribution in [-0.4, -0.2) is 62.2 Å². The van der Waals surface area contributed by atoms with Gasteiger partial charge in [0, 0.05) is 25.0 Å². The van der Waals surface area contributed by atoms with Crippen LogP contribution < -0.4 is 10.6 Å². The summed E-state index contributed by atoms with van der Waals surface area (Å²) in [6.07, 6.45) is 1.22. The van der Waals surface area contributed by atoms with Gasteiger partial charge in [0.2, 0.25) is 0 Å². The van der Waals surface area contributed by atoms with Gasteiger partial charge in [-0.05, 0) is 20.5 Å². The molecule has 1 fully saturated rings. The third-order valence-corrected chi connectivity index (χ3v) is 3.95. The van der Waals surface area contributed by atoms with Crippen LogP contribution in [-0.2, 0) is 4.74 Å². The van der Waals surface area contributed by atoms with Crippen molar-refractivity contribution in [2.45, 2.75) is 12.5 Å². The summed E-state index contributed by atoms with van der Waals surface area (Å²) in [5, 5.41) is 2.56. The molecule has 1 amide bonds. The third kappa shape index (κ3) is 3.89. The maximum atomic E-state index is 11.1. The Morgan fingerprint density at radius 3 is 3.11 bits per heavy atom. The van der Waals surface area contributed by atoms with Crippen LogP contribution in [0.25, 0.3) is 0 Å². The number of ether oxygens (including phenoxy) is 1. The van der Waals surface area contributed by atoms with Gasteiger partial charge >= 0.3 is 0 Å². The van der Waals surface area contributed by atoms with Gasteiger partial charge in [-0.25, -0.2) is 4.98 Å². The SMILES string of the molecule is CN(C)CCC1CN(c2nc(C(N)=O)cs2)CCO1. The van der Waals surface area contributed by atoms with Crippen LogP contribution in [0, 0.1) is 0 Å². The highest BCUT2D eigenvalue weighted by atomic mass is 32.1. The van der Waals surface area contributed by atoms with Crippen LogP contribution in [0.1, 0.15) is 16.9 Å². The highest BCUT2D eigenvalue weighted by Crippen LogP contribution is 2.23. The Balaban J connectivity index is 1.94. The normalized spacial score (nSPS) is 19.9. The second-order valence-electron chi connectivity index (χ2n) is 4.91. The van der Waals surface area contributed by atoms with E-state index < -0.39 is 5.91 Å². The number of thiazole rings is 1. The molecule has 0 saturated carbocycles. The fourth-order valence-corrected chi connectivity index (χ4v) is 2.84. The Morgan fingerprint density at radius 2 is 2.47 bits per heavy atom. The summed E-state index contributed by atoms with van der Waals surface area (Å²) in [7, 11) is 4.11. The molecule has 0 spiro atoms. The van der Waals surface area contributed by atoms with E-state index in [1.54, 1.807) is 5.38 Å². The standard InChI is InChI=1S/C12H20N4O2S/c1-15(2)4-3-9-7-16(5-6-18-9)12-14-10(8-19-12)11(13)17/h8-9H,3-7H2,1-2H3,(H2,13,17). The van der Waals surface area contributed by atoms with E-state index in [1.165, 1.54) is 11.3 Å². The lowest BCUT2D eigenvalue weighted by molar-refractivity contribution is 0.0311. The van der Waals surface area contributed by atoms with Crippen molar-refractivity contribution in [1.29, 1.82) is 0 Å². The predicted octanol–water partition coefficient (Wildman–Crippen LogP) is 0.399. The molecule has 106 valence electrons. The van der Waals surface area contributed by atoms with Gasteiger partial charge in [-0.1, -0.05) is 0 Å². The molecule has 7 heteroatoms. The molecular weight excluding hydrogens is 264 g/mol. The van der Waals surface area contributed by atoms with Crippen molar-refractivity contribution in [3.05, 3.63) is 11.1 Å². The van der Waals surface area contributed by atoms with E-state index in [1.807, 2.05) is 0 Å². The van der Waals surface area contributed by atoms with Crippen LogP contribution in [0.3, 0.4) is 0 Å². The third-order valence-electron chi connectivity index (χ3n) is 3.05. The first-order valence-electron chi connectivity index (χ1n) is 6.33. The summed E-state index contributed by atoms with van der Waals surface area (Å²) in [4.78, 5) is 19.6. The van der Waals surface area contributed by atoms with Gasteiger partial charge in [-0.15, -0.1) is 11.3 Å². The first-order chi connectivity index (χ1) is 9.06. The average molecular weight is 284 g/mol. The zero-order chi connectivity index (χ0) is 13.8. The van der Waals surface area contributed by atoms with Gasteiger partial charge < -0.3 is 20.3 Å². The Bertz CT molecular complexity index is 435. The van der Waals surface area contributed by atoms with E-state index in [9.17, 15) is 4.79 Å². The van der Waals surface area contributed by atoms with Crippen molar-refractivity contribution in [3.8, 4) is 0 Å². The molecule has 1 aliphatic heterocycles. The minimum atomic E-state index is -0.472. The summed E-state index contributed by atoms with van der Waals surface area (Å²) < 4.78 is 5.75. The molecule has 1 saturated heterocycles. The number of amides is 1. The lowest BCUT2D eigenvalue weighted by Gasteiger charge is -2.33. The van der Waals surface area contributed by atoms with E-state index in [-0.39, 0.29) is 6.10 Å². The molecule has 0 bridgehead atoms. The second kappa shape index (κ2) is 6.31. The first kappa shape index (κ1) is 14.2. The van der Waals surface area contributed by atoms with E-state index in [4.69, 9.17) is 10.5 Å². The smallest absolute Gasteiger partial charge is 0.268 e. The molecule has 1 unspecified atom stereocenters. The maximum Gasteiger partial charge on any atom is 0.268 e. The van der Waals surface area contributed by atoms with E-state index >= 15 is 0 Å². The number of rotatable bonds is 5. The number of morpholine rings is 1. The Morgan fingerprint density at radius 1 is 1.68 bits per heavy atom. The topological polar surface area (TPSA) is 71.7 Å². The lowest BCUT2D eigenvalue weighted by Crippen LogP contribution is -2.43. The molecule has 0 aliphatic carbocycles. The summed E-state index contributed by atoms with van der Waals surface area (Å²) in [6.45, 7) is 3.33. The lowest BCUT2D eigenvalue weighted by atomic mass is 10.2.